The number of alkyl halides is 1. The lowest BCUT2D eigenvalue weighted by Gasteiger charge is -2.37. The Morgan fingerprint density at radius 3 is 1.41 bits per heavy atom. The van der Waals surface area contributed by atoms with Crippen molar-refractivity contribution >= 4 is 40.4 Å². The standard InChI is InChI=1S/C21H24N4O.C14H18N4O.C7H7Br.CH4/c26-21(25-20(11-12-22-25)19-9-5-2-6-10-19)24-15-13-23(14-16-24)17-18-7-3-1-4-8-18;19-14(17-10-8-15-9-11-17)18-13(6-7-16-18)12-4-2-1-3-5-12;8-6-7-4-2-1-3-5-7;/h1-10,12,20H,11,13-17H2;1-5,7,13,15H,6,8-11H2;1-5H,6H2;1H4. The van der Waals surface area contributed by atoms with Crippen LogP contribution >= 0.6 is 15.9 Å². The van der Waals surface area contributed by atoms with Gasteiger partial charge in [-0.15, -0.1) is 0 Å². The van der Waals surface area contributed by atoms with Gasteiger partial charge in [0.05, 0.1) is 12.1 Å². The molecule has 0 spiro atoms. The van der Waals surface area contributed by atoms with Gasteiger partial charge in [-0.05, 0) is 22.3 Å². The molecule has 11 heteroatoms. The molecule has 54 heavy (non-hydrogen) atoms. The summed E-state index contributed by atoms with van der Waals surface area (Å²) in [6, 6.07) is 41.1. The molecule has 0 bridgehead atoms. The molecule has 4 aliphatic heterocycles. The SMILES string of the molecule is BrCc1ccccc1.C.O=C(N1CCN(Cc2ccccc2)CC1)N1N=CCC1c1ccccc1.O=C(N1CCNCC1)N1N=CCC1c1ccccc1. The summed E-state index contributed by atoms with van der Waals surface area (Å²) in [4.78, 5) is 31.7. The molecular weight excluding hydrogens is 740 g/mol. The van der Waals surface area contributed by atoms with Crippen LogP contribution in [0.15, 0.2) is 132 Å². The van der Waals surface area contributed by atoms with Gasteiger partial charge in [-0.25, -0.2) is 19.6 Å². The first-order valence-corrected chi connectivity index (χ1v) is 19.6. The third-order valence-corrected chi connectivity index (χ3v) is 10.3. The van der Waals surface area contributed by atoms with E-state index in [0.717, 1.165) is 88.2 Å². The van der Waals surface area contributed by atoms with Crippen molar-refractivity contribution < 1.29 is 9.59 Å². The first-order valence-electron chi connectivity index (χ1n) is 18.5. The minimum atomic E-state index is 0. The molecule has 284 valence electrons. The second-order valence-electron chi connectivity index (χ2n) is 13.3. The number of carbonyl (C=O) groups excluding carboxylic acids is 2. The van der Waals surface area contributed by atoms with Gasteiger partial charge in [0, 0.05) is 89.5 Å². The largest absolute Gasteiger partial charge is 0.341 e. The molecule has 1 N–H and O–H groups in total. The maximum Gasteiger partial charge on any atom is 0.341 e. The van der Waals surface area contributed by atoms with Gasteiger partial charge >= 0.3 is 12.1 Å². The Hall–Kier alpha value is -4.84. The fraction of sp³-hybridized carbons (Fsp3) is 0.349. The van der Waals surface area contributed by atoms with Crippen LogP contribution in [0.2, 0.25) is 0 Å². The summed E-state index contributed by atoms with van der Waals surface area (Å²) in [6.07, 6.45) is 5.25. The lowest BCUT2D eigenvalue weighted by atomic mass is 10.1. The molecule has 0 aromatic heterocycles. The van der Waals surface area contributed by atoms with E-state index in [2.05, 4.69) is 97.0 Å². The summed E-state index contributed by atoms with van der Waals surface area (Å²) in [5, 5.41) is 16.1. The number of piperazine rings is 2. The maximum absolute atomic E-state index is 13.0. The molecule has 4 heterocycles. The van der Waals surface area contributed by atoms with E-state index in [1.165, 1.54) is 11.1 Å². The summed E-state index contributed by atoms with van der Waals surface area (Å²) in [7, 11) is 0. The van der Waals surface area contributed by atoms with Gasteiger partial charge in [-0.1, -0.05) is 145 Å². The van der Waals surface area contributed by atoms with Gasteiger partial charge in [0.25, 0.3) is 0 Å². The highest BCUT2D eigenvalue weighted by atomic mass is 79.9. The number of hydrazone groups is 2. The fourth-order valence-electron chi connectivity index (χ4n) is 6.75. The predicted octanol–water partition coefficient (Wildman–Crippen LogP) is 8.02. The number of nitrogens with one attached hydrogen (secondary N) is 1. The zero-order valence-corrected chi connectivity index (χ0v) is 31.8. The highest BCUT2D eigenvalue weighted by Gasteiger charge is 2.33. The van der Waals surface area contributed by atoms with Crippen LogP contribution in [0.3, 0.4) is 0 Å². The van der Waals surface area contributed by atoms with Gasteiger partial charge in [0.2, 0.25) is 0 Å². The van der Waals surface area contributed by atoms with Crippen LogP contribution in [0, 0.1) is 0 Å². The van der Waals surface area contributed by atoms with E-state index in [1.807, 2.05) is 82.9 Å². The van der Waals surface area contributed by atoms with Crippen molar-refractivity contribution in [2.24, 2.45) is 10.2 Å². The molecule has 2 atom stereocenters. The molecule has 0 radical (unpaired) electrons. The van der Waals surface area contributed by atoms with Gasteiger partial charge in [-0.3, -0.25) is 4.90 Å². The summed E-state index contributed by atoms with van der Waals surface area (Å²) in [6.45, 7) is 7.47. The number of carbonyl (C=O) groups is 2. The van der Waals surface area contributed by atoms with Crippen LogP contribution in [0.25, 0.3) is 0 Å². The molecule has 2 unspecified atom stereocenters. The summed E-state index contributed by atoms with van der Waals surface area (Å²) >= 11 is 3.36. The first-order chi connectivity index (χ1) is 26.1. The Kier molecular flexibility index (Phi) is 15.8. The Balaban J connectivity index is 0.000000175. The van der Waals surface area contributed by atoms with Gasteiger partial charge in [0.1, 0.15) is 0 Å². The number of urea groups is 2. The quantitative estimate of drug-likeness (QED) is 0.208. The number of hydrogen-bond acceptors (Lipinski definition) is 6. The van der Waals surface area contributed by atoms with Crippen molar-refractivity contribution in [2.75, 3.05) is 52.4 Å². The molecule has 4 amide bonds. The fourth-order valence-corrected chi connectivity index (χ4v) is 7.13. The molecule has 0 aliphatic carbocycles. The Bertz CT molecular complexity index is 1750. The van der Waals surface area contributed by atoms with Crippen LogP contribution in [0.5, 0.6) is 0 Å². The smallest absolute Gasteiger partial charge is 0.321 e. The number of nitrogens with zero attached hydrogens (tertiary/aromatic N) is 7. The van der Waals surface area contributed by atoms with E-state index in [4.69, 9.17) is 0 Å². The number of amides is 4. The molecule has 8 rings (SSSR count). The van der Waals surface area contributed by atoms with Crippen LogP contribution in [0.1, 0.15) is 54.6 Å². The van der Waals surface area contributed by atoms with Gasteiger partial charge in [0.15, 0.2) is 0 Å². The highest BCUT2D eigenvalue weighted by Crippen LogP contribution is 2.30. The first kappa shape index (κ1) is 40.3. The second kappa shape index (κ2) is 21.2. The maximum atomic E-state index is 13.0. The van der Waals surface area contributed by atoms with E-state index >= 15 is 0 Å². The molecule has 2 fully saturated rings. The summed E-state index contributed by atoms with van der Waals surface area (Å²) in [5.41, 5.74) is 4.93. The highest BCUT2D eigenvalue weighted by molar-refractivity contribution is 9.08. The van der Waals surface area contributed by atoms with Gasteiger partial charge < -0.3 is 15.1 Å². The third kappa shape index (κ3) is 11.1. The normalized spacial score (nSPS) is 19.3. The van der Waals surface area contributed by atoms with E-state index in [1.54, 1.807) is 10.0 Å². The molecular formula is C43H53BrN8O2. The Labute approximate surface area is 329 Å². The van der Waals surface area contributed by atoms with Gasteiger partial charge in [-0.2, -0.15) is 10.2 Å². The summed E-state index contributed by atoms with van der Waals surface area (Å²) in [5.74, 6) is 0. The van der Waals surface area contributed by atoms with E-state index in [-0.39, 0.29) is 31.6 Å². The van der Waals surface area contributed by atoms with Crippen LogP contribution in [0.4, 0.5) is 9.59 Å². The number of benzene rings is 4. The zero-order valence-electron chi connectivity index (χ0n) is 30.2. The molecule has 2 saturated heterocycles. The number of halogens is 1. The Morgan fingerprint density at radius 1 is 0.574 bits per heavy atom. The average Bonchev–Trinajstić information content (AvgIpc) is 3.94. The average molecular weight is 794 g/mol. The van der Waals surface area contributed by atoms with Crippen LogP contribution in [-0.2, 0) is 11.9 Å². The predicted molar refractivity (Wildman–Crippen MR) is 223 cm³/mol. The van der Waals surface area contributed by atoms with Crippen molar-refractivity contribution in [1.29, 1.82) is 0 Å². The number of rotatable bonds is 5. The van der Waals surface area contributed by atoms with Crippen molar-refractivity contribution in [3.63, 3.8) is 0 Å². The monoisotopic (exact) mass is 792 g/mol. The van der Waals surface area contributed by atoms with Crippen molar-refractivity contribution in [3.8, 4) is 0 Å². The zero-order chi connectivity index (χ0) is 36.7. The minimum Gasteiger partial charge on any atom is -0.321 e. The van der Waals surface area contributed by atoms with Crippen molar-refractivity contribution in [2.45, 2.75) is 44.2 Å². The second-order valence-corrected chi connectivity index (χ2v) is 13.8. The van der Waals surface area contributed by atoms with E-state index < -0.39 is 0 Å². The number of hydrogen-bond donors (Lipinski definition) is 1. The van der Waals surface area contributed by atoms with Crippen molar-refractivity contribution in [3.05, 3.63) is 144 Å². The van der Waals surface area contributed by atoms with E-state index in [9.17, 15) is 9.59 Å². The molecule has 0 saturated carbocycles. The van der Waals surface area contributed by atoms with Crippen LogP contribution in [-0.4, -0.2) is 102 Å². The lowest BCUT2D eigenvalue weighted by molar-refractivity contribution is 0.103. The molecule has 10 nitrogen and oxygen atoms in total. The Morgan fingerprint density at radius 2 is 0.981 bits per heavy atom. The van der Waals surface area contributed by atoms with Crippen molar-refractivity contribution in [1.82, 2.24) is 30.0 Å². The molecule has 4 aromatic carbocycles. The lowest BCUT2D eigenvalue weighted by Crippen LogP contribution is -2.51. The third-order valence-electron chi connectivity index (χ3n) is 9.70. The molecule has 4 aromatic rings. The molecule has 4 aliphatic rings. The van der Waals surface area contributed by atoms with Crippen LogP contribution < -0.4 is 5.32 Å². The topological polar surface area (TPSA) is 87.1 Å². The van der Waals surface area contributed by atoms with E-state index in [0.29, 0.717) is 0 Å². The summed E-state index contributed by atoms with van der Waals surface area (Å²) < 4.78 is 0. The minimum absolute atomic E-state index is 0.